The van der Waals surface area contributed by atoms with Crippen LogP contribution < -0.4 is 9.47 Å². The summed E-state index contributed by atoms with van der Waals surface area (Å²) in [6.45, 7) is 5.23. The molecule has 0 spiro atoms. The summed E-state index contributed by atoms with van der Waals surface area (Å²) in [5.41, 5.74) is 0.719. The molecule has 34 heavy (non-hydrogen) atoms. The highest BCUT2D eigenvalue weighted by Gasteiger charge is 2.47. The van der Waals surface area contributed by atoms with Crippen LogP contribution in [0.2, 0.25) is 0 Å². The number of benzene rings is 2. The van der Waals surface area contributed by atoms with Crippen molar-refractivity contribution < 1.29 is 33.3 Å². The zero-order valence-corrected chi connectivity index (χ0v) is 19.3. The normalized spacial score (nSPS) is 21.8. The minimum atomic E-state index is -0.883. The van der Waals surface area contributed by atoms with Gasteiger partial charge in [-0.1, -0.05) is 12.1 Å². The molecule has 2 aromatic rings. The molecule has 8 heteroatoms. The van der Waals surface area contributed by atoms with Crippen molar-refractivity contribution >= 4 is 17.4 Å². The van der Waals surface area contributed by atoms with Gasteiger partial charge in [0.2, 0.25) is 0 Å². The Labute approximate surface area is 197 Å². The molecule has 180 valence electrons. The lowest BCUT2D eigenvalue weighted by Crippen LogP contribution is -2.36. The predicted octanol–water partition coefficient (Wildman–Crippen LogP) is 4.22. The van der Waals surface area contributed by atoms with E-state index in [0.29, 0.717) is 36.9 Å². The van der Waals surface area contributed by atoms with E-state index in [-0.39, 0.29) is 29.5 Å². The van der Waals surface area contributed by atoms with Crippen LogP contribution in [0.25, 0.3) is 5.76 Å². The highest BCUT2D eigenvalue weighted by molar-refractivity contribution is 6.46. The van der Waals surface area contributed by atoms with E-state index in [1.54, 1.807) is 25.1 Å². The van der Waals surface area contributed by atoms with Crippen molar-refractivity contribution in [3.8, 4) is 11.5 Å². The van der Waals surface area contributed by atoms with Crippen LogP contribution in [0.5, 0.6) is 11.5 Å². The zero-order valence-electron chi connectivity index (χ0n) is 19.3. The summed E-state index contributed by atoms with van der Waals surface area (Å²) in [6, 6.07) is 9.58. The van der Waals surface area contributed by atoms with E-state index in [1.807, 2.05) is 6.92 Å². The van der Waals surface area contributed by atoms with Crippen LogP contribution in [0.3, 0.4) is 0 Å². The largest absolute Gasteiger partial charge is 0.507 e. The zero-order chi connectivity index (χ0) is 24.2. The maximum Gasteiger partial charge on any atom is 0.295 e. The highest BCUT2D eigenvalue weighted by Crippen LogP contribution is 2.42. The molecule has 7 nitrogen and oxygen atoms in total. The quantitative estimate of drug-likeness (QED) is 0.354. The number of amides is 1. The van der Waals surface area contributed by atoms with Gasteiger partial charge in [-0.25, -0.2) is 4.39 Å². The van der Waals surface area contributed by atoms with Gasteiger partial charge in [0.25, 0.3) is 11.7 Å². The highest BCUT2D eigenvalue weighted by atomic mass is 19.1. The Balaban J connectivity index is 1.83. The fourth-order valence-electron chi connectivity index (χ4n) is 4.44. The smallest absolute Gasteiger partial charge is 0.295 e. The molecule has 1 amide bonds. The number of halogens is 1. The summed E-state index contributed by atoms with van der Waals surface area (Å²) in [4.78, 5) is 27.7. The summed E-state index contributed by atoms with van der Waals surface area (Å²) >= 11 is 0. The van der Waals surface area contributed by atoms with Gasteiger partial charge >= 0.3 is 0 Å². The average molecular weight is 470 g/mol. The molecule has 2 saturated heterocycles. The number of carbonyl (C=O) groups excluding carboxylic acids is 2. The molecule has 0 aliphatic carbocycles. The van der Waals surface area contributed by atoms with Gasteiger partial charge in [0, 0.05) is 19.2 Å². The number of ketones is 1. The van der Waals surface area contributed by atoms with Gasteiger partial charge in [0.1, 0.15) is 23.1 Å². The number of aliphatic hydroxyl groups excluding tert-OH is 1. The van der Waals surface area contributed by atoms with Gasteiger partial charge in [-0.15, -0.1) is 0 Å². The van der Waals surface area contributed by atoms with Crippen molar-refractivity contribution in [3.63, 3.8) is 0 Å². The maximum absolute atomic E-state index is 13.7. The summed E-state index contributed by atoms with van der Waals surface area (Å²) in [5, 5.41) is 11.4. The van der Waals surface area contributed by atoms with Crippen LogP contribution >= 0.6 is 0 Å². The molecule has 2 fully saturated rings. The lowest BCUT2D eigenvalue weighted by molar-refractivity contribution is -0.140. The molecule has 2 atom stereocenters. The van der Waals surface area contributed by atoms with Crippen LogP contribution in [0, 0.1) is 5.82 Å². The van der Waals surface area contributed by atoms with Crippen molar-refractivity contribution in [1.82, 2.24) is 4.90 Å². The van der Waals surface area contributed by atoms with Gasteiger partial charge in [0.05, 0.1) is 36.5 Å². The fraction of sp³-hybridized carbons (Fsp3) is 0.385. The molecule has 0 radical (unpaired) electrons. The van der Waals surface area contributed by atoms with E-state index < -0.39 is 23.5 Å². The number of likely N-dealkylation sites (tertiary alicyclic amines) is 1. The van der Waals surface area contributed by atoms with E-state index in [0.717, 1.165) is 12.8 Å². The second-order valence-electron chi connectivity index (χ2n) is 8.16. The van der Waals surface area contributed by atoms with Crippen LogP contribution in [-0.2, 0) is 14.3 Å². The summed E-state index contributed by atoms with van der Waals surface area (Å²) in [6.07, 6.45) is 1.44. The SMILES string of the molecule is CCOc1ccc(/C(O)=C2/C(=O)C(=O)N(CC3CCCO3)C2c2ccc(F)cc2)c(OCC)c1. The molecular weight excluding hydrogens is 441 g/mol. The third-order valence-corrected chi connectivity index (χ3v) is 5.97. The summed E-state index contributed by atoms with van der Waals surface area (Å²) < 4.78 is 30.6. The van der Waals surface area contributed by atoms with Crippen LogP contribution in [0.4, 0.5) is 4.39 Å². The monoisotopic (exact) mass is 469 g/mol. The van der Waals surface area contributed by atoms with Gasteiger partial charge in [-0.2, -0.15) is 0 Å². The van der Waals surface area contributed by atoms with Crippen molar-refractivity contribution in [3.05, 3.63) is 65.0 Å². The van der Waals surface area contributed by atoms with E-state index in [1.165, 1.54) is 29.2 Å². The van der Waals surface area contributed by atoms with E-state index in [9.17, 15) is 19.1 Å². The molecule has 2 heterocycles. The van der Waals surface area contributed by atoms with Gasteiger partial charge in [-0.3, -0.25) is 9.59 Å². The van der Waals surface area contributed by atoms with Crippen LogP contribution in [0.1, 0.15) is 43.9 Å². The van der Waals surface area contributed by atoms with Crippen molar-refractivity contribution in [2.24, 2.45) is 0 Å². The van der Waals surface area contributed by atoms with Gasteiger partial charge in [-0.05, 0) is 56.5 Å². The number of carbonyl (C=O) groups is 2. The minimum absolute atomic E-state index is 0.0697. The standard InChI is InChI=1S/C26H28FNO6/c1-3-32-18-11-12-20(21(14-18)33-4-2)24(29)22-23(16-7-9-17(27)10-8-16)28(26(31)25(22)30)15-19-6-5-13-34-19/h7-12,14,19,23,29H,3-6,13,15H2,1-2H3/b24-22-. The molecule has 2 unspecified atom stereocenters. The Bertz CT molecular complexity index is 1090. The summed E-state index contributed by atoms with van der Waals surface area (Å²) in [7, 11) is 0. The second kappa shape index (κ2) is 10.3. The number of rotatable bonds is 8. The van der Waals surface area contributed by atoms with Gasteiger partial charge < -0.3 is 24.2 Å². The predicted molar refractivity (Wildman–Crippen MR) is 123 cm³/mol. The van der Waals surface area contributed by atoms with Gasteiger partial charge in [0.15, 0.2) is 0 Å². The minimum Gasteiger partial charge on any atom is -0.507 e. The molecule has 0 aromatic heterocycles. The number of Topliss-reactive ketones (excluding diaryl/α,β-unsaturated/α-hetero) is 1. The Morgan fingerprint density at radius 1 is 1.12 bits per heavy atom. The molecule has 4 rings (SSSR count). The Kier molecular flexibility index (Phi) is 7.17. The lowest BCUT2D eigenvalue weighted by atomic mass is 9.94. The third-order valence-electron chi connectivity index (χ3n) is 5.97. The number of aliphatic hydroxyl groups is 1. The topological polar surface area (TPSA) is 85.3 Å². The first-order valence-corrected chi connectivity index (χ1v) is 11.5. The number of nitrogens with zero attached hydrogens (tertiary/aromatic N) is 1. The first-order chi connectivity index (χ1) is 16.4. The van der Waals surface area contributed by atoms with Crippen molar-refractivity contribution in [2.75, 3.05) is 26.4 Å². The second-order valence-corrected chi connectivity index (χ2v) is 8.16. The van der Waals surface area contributed by atoms with Crippen LogP contribution in [-0.4, -0.2) is 54.2 Å². The lowest BCUT2D eigenvalue weighted by Gasteiger charge is -2.27. The molecule has 0 saturated carbocycles. The Morgan fingerprint density at radius 2 is 1.85 bits per heavy atom. The van der Waals surface area contributed by atoms with E-state index in [4.69, 9.17) is 14.2 Å². The van der Waals surface area contributed by atoms with Crippen molar-refractivity contribution in [1.29, 1.82) is 0 Å². The number of hydrogen-bond acceptors (Lipinski definition) is 6. The molecule has 2 aromatic carbocycles. The summed E-state index contributed by atoms with van der Waals surface area (Å²) in [5.74, 6) is -1.44. The molecule has 2 aliphatic rings. The number of ether oxygens (including phenoxy) is 3. The van der Waals surface area contributed by atoms with E-state index in [2.05, 4.69) is 0 Å². The molecule has 2 aliphatic heterocycles. The average Bonchev–Trinajstić information content (AvgIpc) is 3.42. The molecule has 1 N–H and O–H groups in total. The maximum atomic E-state index is 13.7. The van der Waals surface area contributed by atoms with Crippen molar-refractivity contribution in [2.45, 2.75) is 38.8 Å². The van der Waals surface area contributed by atoms with Crippen LogP contribution in [0.15, 0.2) is 48.0 Å². The molecular formula is C26H28FNO6. The first kappa shape index (κ1) is 23.8. The first-order valence-electron chi connectivity index (χ1n) is 11.5. The van der Waals surface area contributed by atoms with E-state index >= 15 is 0 Å². The molecule has 0 bridgehead atoms. The number of hydrogen-bond donors (Lipinski definition) is 1. The Morgan fingerprint density at radius 3 is 2.50 bits per heavy atom. The fourth-order valence-corrected chi connectivity index (χ4v) is 4.44. The Hall–Kier alpha value is -3.39. The third kappa shape index (κ3) is 4.63.